The van der Waals surface area contributed by atoms with E-state index in [-0.39, 0.29) is 19.3 Å². The number of hydrogen-bond acceptors (Lipinski definition) is 4. The Morgan fingerprint density at radius 2 is 1.67 bits per heavy atom. The van der Waals surface area contributed by atoms with E-state index in [4.69, 9.17) is 4.74 Å². The zero-order valence-electron chi connectivity index (χ0n) is 11.4. The van der Waals surface area contributed by atoms with Crippen molar-refractivity contribution in [1.82, 2.24) is 0 Å². The number of carbonyl (C=O) groups excluding carboxylic acids is 2. The number of Topliss-reactive ketones (excluding diaryl/α,β-unsaturated/α-hetero) is 1. The van der Waals surface area contributed by atoms with E-state index in [1.807, 2.05) is 0 Å². The number of esters is 1. The zero-order valence-corrected chi connectivity index (χ0v) is 11.4. The van der Waals surface area contributed by atoms with E-state index in [9.17, 15) is 22.8 Å². The van der Waals surface area contributed by atoms with E-state index in [1.165, 1.54) is 6.92 Å². The fourth-order valence-corrected chi connectivity index (χ4v) is 1.41. The molecule has 0 fully saturated rings. The minimum absolute atomic E-state index is 0.0180. The highest BCUT2D eigenvalue weighted by molar-refractivity contribution is 6.24. The lowest BCUT2D eigenvalue weighted by molar-refractivity contribution is -0.138. The van der Waals surface area contributed by atoms with Crippen LogP contribution in [0.15, 0.2) is 24.0 Å². The van der Waals surface area contributed by atoms with Crippen LogP contribution in [0.3, 0.4) is 0 Å². The lowest BCUT2D eigenvalue weighted by Gasteiger charge is -2.08. The Balaban J connectivity index is 3.23. The Hall–Kier alpha value is -2.31. The van der Waals surface area contributed by atoms with Gasteiger partial charge in [-0.1, -0.05) is 0 Å². The standard InChI is InChI=1S/C14H13F3O4/c1-3-20-7-9(14(19)21-4-2)13(18)8-5-11(16)12(17)6-10(8)15/h5-7H,3-4H2,1-2H3/b9-7-. The molecule has 1 aromatic rings. The van der Waals surface area contributed by atoms with Crippen LogP contribution in [0.5, 0.6) is 0 Å². The maximum Gasteiger partial charge on any atom is 0.345 e. The van der Waals surface area contributed by atoms with E-state index in [0.717, 1.165) is 6.26 Å². The molecule has 0 aliphatic rings. The maximum atomic E-state index is 13.6. The van der Waals surface area contributed by atoms with Crippen molar-refractivity contribution in [2.24, 2.45) is 0 Å². The van der Waals surface area contributed by atoms with Crippen LogP contribution in [0.1, 0.15) is 24.2 Å². The number of rotatable bonds is 6. The minimum atomic E-state index is -1.43. The molecule has 0 N–H and O–H groups in total. The number of benzene rings is 1. The fourth-order valence-electron chi connectivity index (χ4n) is 1.41. The molecule has 0 aliphatic carbocycles. The van der Waals surface area contributed by atoms with Gasteiger partial charge in [0.05, 0.1) is 18.8 Å². The monoisotopic (exact) mass is 302 g/mol. The predicted octanol–water partition coefficient (Wildman–Crippen LogP) is 2.77. The summed E-state index contributed by atoms with van der Waals surface area (Å²) >= 11 is 0. The van der Waals surface area contributed by atoms with Gasteiger partial charge in [-0.05, 0) is 19.9 Å². The quantitative estimate of drug-likeness (QED) is 0.154. The van der Waals surface area contributed by atoms with E-state index < -0.39 is 40.3 Å². The number of ketones is 1. The number of halogens is 3. The van der Waals surface area contributed by atoms with Crippen LogP contribution >= 0.6 is 0 Å². The topological polar surface area (TPSA) is 52.6 Å². The molecule has 114 valence electrons. The van der Waals surface area contributed by atoms with Gasteiger partial charge in [-0.25, -0.2) is 18.0 Å². The lowest BCUT2D eigenvalue weighted by Crippen LogP contribution is -2.18. The molecule has 0 radical (unpaired) electrons. The number of ether oxygens (including phenoxy) is 2. The highest BCUT2D eigenvalue weighted by atomic mass is 19.2. The van der Waals surface area contributed by atoms with Crippen LogP contribution in [-0.4, -0.2) is 25.0 Å². The Morgan fingerprint density at radius 3 is 2.24 bits per heavy atom. The van der Waals surface area contributed by atoms with Gasteiger partial charge in [-0.2, -0.15) is 0 Å². The first kappa shape index (κ1) is 16.7. The van der Waals surface area contributed by atoms with E-state index in [1.54, 1.807) is 6.92 Å². The average Bonchev–Trinajstić information content (AvgIpc) is 2.43. The minimum Gasteiger partial charge on any atom is -0.500 e. The first-order chi connectivity index (χ1) is 9.92. The van der Waals surface area contributed by atoms with Crippen LogP contribution in [-0.2, 0) is 14.3 Å². The van der Waals surface area contributed by atoms with Crippen molar-refractivity contribution in [3.8, 4) is 0 Å². The summed E-state index contributed by atoms with van der Waals surface area (Å²) in [5.74, 6) is -6.32. The van der Waals surface area contributed by atoms with Crippen LogP contribution in [0.2, 0.25) is 0 Å². The third kappa shape index (κ3) is 4.08. The fraction of sp³-hybridized carbons (Fsp3) is 0.286. The van der Waals surface area contributed by atoms with E-state index in [2.05, 4.69) is 4.74 Å². The third-order valence-electron chi connectivity index (χ3n) is 2.36. The second-order valence-corrected chi connectivity index (χ2v) is 3.78. The molecule has 4 nitrogen and oxygen atoms in total. The molecule has 0 heterocycles. The van der Waals surface area contributed by atoms with Crippen molar-refractivity contribution in [2.75, 3.05) is 13.2 Å². The Labute approximate surface area is 119 Å². The van der Waals surface area contributed by atoms with Gasteiger partial charge >= 0.3 is 5.97 Å². The van der Waals surface area contributed by atoms with Crippen LogP contribution in [0, 0.1) is 17.5 Å². The molecule has 7 heteroatoms. The van der Waals surface area contributed by atoms with Gasteiger partial charge in [-0.3, -0.25) is 4.79 Å². The molecular formula is C14H13F3O4. The molecule has 0 unspecified atom stereocenters. The number of carbonyl (C=O) groups is 2. The predicted molar refractivity (Wildman–Crippen MR) is 67.0 cm³/mol. The molecule has 0 spiro atoms. The zero-order chi connectivity index (χ0) is 16.0. The van der Waals surface area contributed by atoms with Crippen LogP contribution in [0.4, 0.5) is 13.2 Å². The molecule has 0 saturated carbocycles. The molecule has 1 rings (SSSR count). The van der Waals surface area contributed by atoms with Gasteiger partial charge in [0.1, 0.15) is 17.7 Å². The third-order valence-corrected chi connectivity index (χ3v) is 2.36. The lowest BCUT2D eigenvalue weighted by atomic mass is 10.0. The van der Waals surface area contributed by atoms with Crippen molar-refractivity contribution in [3.05, 3.63) is 47.0 Å². The first-order valence-electron chi connectivity index (χ1n) is 6.10. The molecule has 1 aromatic carbocycles. The summed E-state index contributed by atoms with van der Waals surface area (Å²) in [6.45, 7) is 3.24. The van der Waals surface area contributed by atoms with Gasteiger partial charge < -0.3 is 9.47 Å². The summed E-state index contributed by atoms with van der Waals surface area (Å²) in [5, 5.41) is 0. The highest BCUT2D eigenvalue weighted by Gasteiger charge is 2.26. The summed E-state index contributed by atoms with van der Waals surface area (Å²) in [5.41, 5.74) is -1.39. The van der Waals surface area contributed by atoms with Gasteiger partial charge in [0.25, 0.3) is 0 Å². The average molecular weight is 302 g/mol. The molecule has 0 bridgehead atoms. The Bertz CT molecular complexity index is 582. The first-order valence-corrected chi connectivity index (χ1v) is 6.10. The largest absolute Gasteiger partial charge is 0.500 e. The molecule has 0 atom stereocenters. The molecule has 21 heavy (non-hydrogen) atoms. The summed E-state index contributed by atoms with van der Waals surface area (Å²) in [4.78, 5) is 23.7. The van der Waals surface area contributed by atoms with Crippen molar-refractivity contribution in [2.45, 2.75) is 13.8 Å². The maximum absolute atomic E-state index is 13.6. The van der Waals surface area contributed by atoms with Crippen molar-refractivity contribution in [3.63, 3.8) is 0 Å². The normalized spacial score (nSPS) is 11.2. The molecule has 0 aromatic heterocycles. The molecule has 0 aliphatic heterocycles. The highest BCUT2D eigenvalue weighted by Crippen LogP contribution is 2.18. The second-order valence-electron chi connectivity index (χ2n) is 3.78. The smallest absolute Gasteiger partial charge is 0.345 e. The molecule has 0 amide bonds. The van der Waals surface area contributed by atoms with Gasteiger partial charge in [0.2, 0.25) is 5.78 Å². The van der Waals surface area contributed by atoms with E-state index in [0.29, 0.717) is 6.07 Å². The summed E-state index contributed by atoms with van der Waals surface area (Å²) in [6, 6.07) is 0.609. The number of hydrogen-bond donors (Lipinski definition) is 0. The Kier molecular flexibility index (Phi) is 5.95. The van der Waals surface area contributed by atoms with Crippen molar-refractivity contribution in [1.29, 1.82) is 0 Å². The second kappa shape index (κ2) is 7.47. The van der Waals surface area contributed by atoms with Crippen LogP contribution < -0.4 is 0 Å². The molecular weight excluding hydrogens is 289 g/mol. The Morgan fingerprint density at radius 1 is 1.05 bits per heavy atom. The molecule has 0 saturated heterocycles. The summed E-state index contributed by atoms with van der Waals surface area (Å²) < 4.78 is 49.0. The van der Waals surface area contributed by atoms with Crippen molar-refractivity contribution < 1.29 is 32.2 Å². The summed E-state index contributed by atoms with van der Waals surface area (Å²) in [6.07, 6.45) is 0.807. The van der Waals surface area contributed by atoms with Gasteiger partial charge in [0.15, 0.2) is 11.6 Å². The summed E-state index contributed by atoms with van der Waals surface area (Å²) in [7, 11) is 0. The van der Waals surface area contributed by atoms with Crippen molar-refractivity contribution >= 4 is 11.8 Å². The SMILES string of the molecule is CCO/C=C(\C(=O)OCC)C(=O)c1cc(F)c(F)cc1F. The van der Waals surface area contributed by atoms with Gasteiger partial charge in [-0.15, -0.1) is 0 Å². The van der Waals surface area contributed by atoms with Crippen LogP contribution in [0.25, 0.3) is 0 Å². The van der Waals surface area contributed by atoms with E-state index >= 15 is 0 Å². The van der Waals surface area contributed by atoms with Gasteiger partial charge in [0, 0.05) is 6.07 Å².